The van der Waals surface area contributed by atoms with Gasteiger partial charge >= 0.3 is 0 Å². The monoisotopic (exact) mass is 399 g/mol. The number of hydrogen-bond donors (Lipinski definition) is 3. The fourth-order valence-corrected chi connectivity index (χ4v) is 3.99. The Bertz CT molecular complexity index is 885. The first kappa shape index (κ1) is 19.7. The molecule has 0 unspecified atom stereocenters. The van der Waals surface area contributed by atoms with Crippen LogP contribution in [0.15, 0.2) is 30.5 Å². The van der Waals surface area contributed by atoms with Gasteiger partial charge in [-0.1, -0.05) is 12.1 Å². The van der Waals surface area contributed by atoms with Gasteiger partial charge in [-0.3, -0.25) is 4.79 Å². The number of nitrogens with two attached hydrogens (primary N) is 1. The number of rotatable bonds is 4. The minimum Gasteiger partial charge on any atom is -0.391 e. The van der Waals surface area contributed by atoms with Crippen molar-refractivity contribution in [3.05, 3.63) is 41.8 Å². The van der Waals surface area contributed by atoms with Crippen molar-refractivity contribution in [1.29, 1.82) is 0 Å². The largest absolute Gasteiger partial charge is 0.391 e. The van der Waals surface area contributed by atoms with Crippen LogP contribution in [0, 0.1) is 5.82 Å². The van der Waals surface area contributed by atoms with E-state index in [1.165, 1.54) is 0 Å². The molecule has 2 aliphatic rings. The van der Waals surface area contributed by atoms with Crippen molar-refractivity contribution in [3.8, 4) is 11.3 Å². The summed E-state index contributed by atoms with van der Waals surface area (Å²) in [4.78, 5) is 22.7. The van der Waals surface area contributed by atoms with Gasteiger partial charge in [-0.15, -0.1) is 0 Å². The smallest absolute Gasteiger partial charge is 0.253 e. The van der Waals surface area contributed by atoms with Gasteiger partial charge in [0.25, 0.3) is 5.91 Å². The van der Waals surface area contributed by atoms with E-state index in [0.717, 1.165) is 31.9 Å². The number of aliphatic hydroxyl groups excluding tert-OH is 1. The standard InChI is InChI=1S/C21H26FN5O2/c22-18-11-24-21(25-16-6-4-15(23)5-7-16)26-19(18)13-2-1-3-14(10-13)20(29)27-9-8-17(28)12-27/h1-3,10-11,15-17,28H,4-9,12,23H2,(H,24,25,26)/t15-,16-,17-/m0/s1. The van der Waals surface area contributed by atoms with Crippen LogP contribution in [0.2, 0.25) is 0 Å². The predicted octanol–water partition coefficient (Wildman–Crippen LogP) is 2.17. The summed E-state index contributed by atoms with van der Waals surface area (Å²) in [7, 11) is 0. The minimum absolute atomic E-state index is 0.158. The number of anilines is 1. The molecule has 1 aromatic heterocycles. The SMILES string of the molecule is N[C@H]1CC[C@H](Nc2ncc(F)c(-c3cccc(C(=O)N4CC[C@H](O)C4)c3)n2)CC1. The molecule has 1 amide bonds. The van der Waals surface area contributed by atoms with Crippen LogP contribution in [0.1, 0.15) is 42.5 Å². The van der Waals surface area contributed by atoms with Gasteiger partial charge in [0.2, 0.25) is 5.95 Å². The number of nitrogens with one attached hydrogen (secondary N) is 1. The number of carbonyl (C=O) groups excluding carboxylic acids is 1. The van der Waals surface area contributed by atoms with Crippen molar-refractivity contribution in [2.24, 2.45) is 5.73 Å². The third kappa shape index (κ3) is 4.54. The van der Waals surface area contributed by atoms with Crippen molar-refractivity contribution < 1.29 is 14.3 Å². The summed E-state index contributed by atoms with van der Waals surface area (Å²) in [5.41, 5.74) is 7.07. The maximum atomic E-state index is 14.5. The van der Waals surface area contributed by atoms with Gasteiger partial charge in [0, 0.05) is 36.3 Å². The van der Waals surface area contributed by atoms with Crippen LogP contribution >= 0.6 is 0 Å². The Morgan fingerprint density at radius 2 is 2.03 bits per heavy atom. The Kier molecular flexibility index (Phi) is 5.73. The van der Waals surface area contributed by atoms with E-state index in [9.17, 15) is 14.3 Å². The third-order valence-electron chi connectivity index (χ3n) is 5.68. The summed E-state index contributed by atoms with van der Waals surface area (Å²) in [5.74, 6) is -0.335. The third-order valence-corrected chi connectivity index (χ3v) is 5.68. The lowest BCUT2D eigenvalue weighted by atomic mass is 9.92. The quantitative estimate of drug-likeness (QED) is 0.728. The van der Waals surface area contributed by atoms with Gasteiger partial charge in [0.15, 0.2) is 5.82 Å². The molecule has 1 aliphatic heterocycles. The summed E-state index contributed by atoms with van der Waals surface area (Å²) in [6, 6.07) is 7.25. The van der Waals surface area contributed by atoms with Gasteiger partial charge in [0.1, 0.15) is 5.69 Å². The summed E-state index contributed by atoms with van der Waals surface area (Å²) in [6.07, 6.45) is 5.01. The van der Waals surface area contributed by atoms with Gasteiger partial charge in [0.05, 0.1) is 12.3 Å². The average molecular weight is 399 g/mol. The van der Waals surface area contributed by atoms with E-state index in [1.807, 2.05) is 0 Å². The van der Waals surface area contributed by atoms with Crippen LogP contribution < -0.4 is 11.1 Å². The first-order valence-corrected chi connectivity index (χ1v) is 10.1. The van der Waals surface area contributed by atoms with Crippen molar-refractivity contribution >= 4 is 11.9 Å². The maximum absolute atomic E-state index is 14.5. The van der Waals surface area contributed by atoms with Crippen LogP contribution in [0.25, 0.3) is 11.3 Å². The molecule has 7 nitrogen and oxygen atoms in total. The number of likely N-dealkylation sites (tertiary alicyclic amines) is 1. The number of aliphatic hydroxyl groups is 1. The molecule has 0 spiro atoms. The van der Waals surface area contributed by atoms with Crippen molar-refractivity contribution in [3.63, 3.8) is 0 Å². The molecule has 2 aromatic rings. The second-order valence-corrected chi connectivity index (χ2v) is 7.92. The molecule has 1 saturated carbocycles. The predicted molar refractivity (Wildman–Crippen MR) is 108 cm³/mol. The Morgan fingerprint density at radius 3 is 2.76 bits per heavy atom. The van der Waals surface area contributed by atoms with Gasteiger partial charge in [-0.25, -0.2) is 14.4 Å². The van der Waals surface area contributed by atoms with E-state index < -0.39 is 11.9 Å². The van der Waals surface area contributed by atoms with E-state index in [0.29, 0.717) is 36.6 Å². The summed E-state index contributed by atoms with van der Waals surface area (Å²) < 4.78 is 14.5. The maximum Gasteiger partial charge on any atom is 0.253 e. The van der Waals surface area contributed by atoms with E-state index in [2.05, 4.69) is 15.3 Å². The fraction of sp³-hybridized carbons (Fsp3) is 0.476. The first-order valence-electron chi connectivity index (χ1n) is 10.1. The zero-order valence-corrected chi connectivity index (χ0v) is 16.2. The number of carbonyl (C=O) groups is 1. The highest BCUT2D eigenvalue weighted by Crippen LogP contribution is 2.25. The highest BCUT2D eigenvalue weighted by Gasteiger charge is 2.26. The molecule has 0 bridgehead atoms. The zero-order chi connectivity index (χ0) is 20.4. The summed E-state index contributed by atoms with van der Waals surface area (Å²) in [5, 5.41) is 12.9. The Hall–Kier alpha value is -2.58. The first-order chi connectivity index (χ1) is 14.0. The van der Waals surface area contributed by atoms with Crippen LogP contribution in [0.5, 0.6) is 0 Å². The molecule has 8 heteroatoms. The van der Waals surface area contributed by atoms with Crippen molar-refractivity contribution in [1.82, 2.24) is 14.9 Å². The lowest BCUT2D eigenvalue weighted by molar-refractivity contribution is 0.0765. The molecule has 1 aliphatic carbocycles. The van der Waals surface area contributed by atoms with E-state index in [-0.39, 0.29) is 23.7 Å². The number of β-amino-alcohol motifs (C(OH)–C–C–N with tert-alkyl or cyclic N) is 1. The van der Waals surface area contributed by atoms with E-state index in [1.54, 1.807) is 29.2 Å². The van der Waals surface area contributed by atoms with E-state index in [4.69, 9.17) is 5.73 Å². The Morgan fingerprint density at radius 1 is 1.24 bits per heavy atom. The average Bonchev–Trinajstić information content (AvgIpc) is 3.17. The molecule has 154 valence electrons. The summed E-state index contributed by atoms with van der Waals surface area (Å²) >= 11 is 0. The normalized spacial score (nSPS) is 24.5. The lowest BCUT2D eigenvalue weighted by Gasteiger charge is -2.26. The summed E-state index contributed by atoms with van der Waals surface area (Å²) in [6.45, 7) is 0.843. The highest BCUT2D eigenvalue weighted by molar-refractivity contribution is 5.95. The second-order valence-electron chi connectivity index (χ2n) is 7.92. The molecule has 4 rings (SSSR count). The van der Waals surface area contributed by atoms with Crippen LogP contribution in [-0.4, -0.2) is 57.2 Å². The highest BCUT2D eigenvalue weighted by atomic mass is 19.1. The molecule has 1 aromatic carbocycles. The molecule has 2 fully saturated rings. The molecular weight excluding hydrogens is 373 g/mol. The Labute approximate surface area is 169 Å². The molecule has 2 heterocycles. The number of nitrogens with zero attached hydrogens (tertiary/aromatic N) is 3. The zero-order valence-electron chi connectivity index (χ0n) is 16.2. The Balaban J connectivity index is 1.54. The number of halogens is 1. The molecule has 1 saturated heterocycles. The number of aromatic nitrogens is 2. The topological polar surface area (TPSA) is 104 Å². The number of hydrogen-bond acceptors (Lipinski definition) is 6. The number of benzene rings is 1. The minimum atomic E-state index is -0.539. The van der Waals surface area contributed by atoms with Crippen LogP contribution in [0.4, 0.5) is 10.3 Å². The van der Waals surface area contributed by atoms with E-state index >= 15 is 0 Å². The molecule has 29 heavy (non-hydrogen) atoms. The molecular formula is C21H26FN5O2. The van der Waals surface area contributed by atoms with Gasteiger partial charge in [-0.05, 0) is 44.2 Å². The van der Waals surface area contributed by atoms with Crippen molar-refractivity contribution in [2.45, 2.75) is 50.3 Å². The van der Waals surface area contributed by atoms with Gasteiger partial charge < -0.3 is 21.1 Å². The number of amides is 1. The molecule has 0 radical (unpaired) electrons. The van der Waals surface area contributed by atoms with Crippen LogP contribution in [-0.2, 0) is 0 Å². The molecule has 4 N–H and O–H groups in total. The molecule has 1 atom stereocenters. The second kappa shape index (κ2) is 8.42. The van der Waals surface area contributed by atoms with Crippen LogP contribution in [0.3, 0.4) is 0 Å². The van der Waals surface area contributed by atoms with Gasteiger partial charge in [-0.2, -0.15) is 0 Å². The van der Waals surface area contributed by atoms with Crippen molar-refractivity contribution in [2.75, 3.05) is 18.4 Å². The lowest BCUT2D eigenvalue weighted by Crippen LogP contribution is -2.33. The fourth-order valence-electron chi connectivity index (χ4n) is 3.99.